The van der Waals surface area contributed by atoms with Gasteiger partial charge in [0.2, 0.25) is 0 Å². The summed E-state index contributed by atoms with van der Waals surface area (Å²) in [7, 11) is 1.10. The molecule has 1 aromatic carbocycles. The van der Waals surface area contributed by atoms with Crippen molar-refractivity contribution in [2.75, 3.05) is 26.2 Å². The number of amides is 1. The Balaban J connectivity index is 1.80. The van der Waals surface area contributed by atoms with E-state index in [0.29, 0.717) is 13.1 Å². The summed E-state index contributed by atoms with van der Waals surface area (Å²) in [5.74, 6) is 0. The van der Waals surface area contributed by atoms with Gasteiger partial charge in [-0.2, -0.15) is 0 Å². The second-order valence-corrected chi connectivity index (χ2v) is 6.61. The maximum absolute atomic E-state index is 12.0. The van der Waals surface area contributed by atoms with E-state index in [2.05, 4.69) is 4.90 Å². The minimum Gasteiger partial charge on any atom is -0.450 e. The van der Waals surface area contributed by atoms with Gasteiger partial charge in [0.1, 0.15) is 5.60 Å². The SMILES string of the molecule is CC(C)(C)OC(=O)N1CCN(Cc2ccc([B]O)cc2)CC1. The lowest BCUT2D eigenvalue weighted by molar-refractivity contribution is 0.0139. The molecule has 0 unspecified atom stereocenters. The van der Waals surface area contributed by atoms with E-state index in [-0.39, 0.29) is 6.09 Å². The van der Waals surface area contributed by atoms with Crippen molar-refractivity contribution in [3.8, 4) is 0 Å². The molecule has 6 heteroatoms. The predicted octanol–water partition coefficient (Wildman–Crippen LogP) is 0.976. The van der Waals surface area contributed by atoms with Crippen LogP contribution in [0.5, 0.6) is 0 Å². The number of benzene rings is 1. The van der Waals surface area contributed by atoms with Gasteiger partial charge in [0.05, 0.1) is 0 Å². The number of rotatable bonds is 3. The Morgan fingerprint density at radius 2 is 1.77 bits per heavy atom. The van der Waals surface area contributed by atoms with Gasteiger partial charge >= 0.3 is 13.6 Å². The zero-order valence-corrected chi connectivity index (χ0v) is 13.6. The maximum Gasteiger partial charge on any atom is 0.410 e. The molecule has 1 aliphatic rings. The van der Waals surface area contributed by atoms with Crippen molar-refractivity contribution in [1.82, 2.24) is 9.80 Å². The minimum atomic E-state index is -0.445. The van der Waals surface area contributed by atoms with E-state index in [9.17, 15) is 4.79 Å². The summed E-state index contributed by atoms with van der Waals surface area (Å²) < 4.78 is 5.40. The van der Waals surface area contributed by atoms with Crippen molar-refractivity contribution in [3.05, 3.63) is 29.8 Å². The molecule has 1 radical (unpaired) electrons. The quantitative estimate of drug-likeness (QED) is 0.846. The lowest BCUT2D eigenvalue weighted by atomic mass is 9.88. The summed E-state index contributed by atoms with van der Waals surface area (Å²) in [6, 6.07) is 7.82. The molecule has 1 aliphatic heterocycles. The molecule has 1 heterocycles. The molecule has 1 saturated heterocycles. The van der Waals surface area contributed by atoms with E-state index in [1.807, 2.05) is 45.0 Å². The topological polar surface area (TPSA) is 53.0 Å². The lowest BCUT2D eigenvalue weighted by Gasteiger charge is -2.35. The fourth-order valence-corrected chi connectivity index (χ4v) is 2.38. The molecule has 119 valence electrons. The summed E-state index contributed by atoms with van der Waals surface area (Å²) in [4.78, 5) is 16.1. The van der Waals surface area contributed by atoms with Crippen molar-refractivity contribution < 1.29 is 14.6 Å². The van der Waals surface area contributed by atoms with Crippen molar-refractivity contribution in [1.29, 1.82) is 0 Å². The number of carbonyl (C=O) groups is 1. The Hall–Kier alpha value is -1.53. The van der Waals surface area contributed by atoms with Gasteiger partial charge in [0.15, 0.2) is 0 Å². The van der Waals surface area contributed by atoms with Crippen molar-refractivity contribution in [3.63, 3.8) is 0 Å². The van der Waals surface area contributed by atoms with Crippen molar-refractivity contribution in [2.45, 2.75) is 32.9 Å². The second-order valence-electron chi connectivity index (χ2n) is 6.61. The number of hydrogen-bond acceptors (Lipinski definition) is 4. The van der Waals surface area contributed by atoms with Crippen LogP contribution >= 0.6 is 0 Å². The highest BCUT2D eigenvalue weighted by atomic mass is 16.6. The largest absolute Gasteiger partial charge is 0.450 e. The number of nitrogens with zero attached hydrogens (tertiary/aromatic N) is 2. The van der Waals surface area contributed by atoms with Crippen LogP contribution in [0, 0.1) is 0 Å². The Bertz CT molecular complexity index is 491. The predicted molar refractivity (Wildman–Crippen MR) is 87.1 cm³/mol. The van der Waals surface area contributed by atoms with Crippen LogP contribution in [-0.4, -0.2) is 60.2 Å². The molecule has 0 aliphatic carbocycles. The smallest absolute Gasteiger partial charge is 0.410 e. The lowest BCUT2D eigenvalue weighted by Crippen LogP contribution is -2.49. The highest BCUT2D eigenvalue weighted by Crippen LogP contribution is 2.13. The van der Waals surface area contributed by atoms with E-state index >= 15 is 0 Å². The van der Waals surface area contributed by atoms with Crippen molar-refractivity contribution >= 4 is 19.0 Å². The van der Waals surface area contributed by atoms with Gasteiger partial charge in [0.25, 0.3) is 0 Å². The van der Waals surface area contributed by atoms with Gasteiger partial charge < -0.3 is 14.7 Å². The van der Waals surface area contributed by atoms with Crippen LogP contribution in [0.1, 0.15) is 26.3 Å². The van der Waals surface area contributed by atoms with Crippen LogP contribution in [-0.2, 0) is 11.3 Å². The fraction of sp³-hybridized carbons (Fsp3) is 0.562. The van der Waals surface area contributed by atoms with E-state index in [1.165, 1.54) is 5.56 Å². The minimum absolute atomic E-state index is 0.227. The van der Waals surface area contributed by atoms with Gasteiger partial charge in [-0.1, -0.05) is 29.7 Å². The Kier molecular flexibility index (Phi) is 5.48. The van der Waals surface area contributed by atoms with E-state index in [1.54, 1.807) is 4.90 Å². The summed E-state index contributed by atoms with van der Waals surface area (Å²) >= 11 is 0. The first kappa shape index (κ1) is 16.8. The molecule has 0 atom stereocenters. The van der Waals surface area contributed by atoms with Crippen molar-refractivity contribution in [2.24, 2.45) is 0 Å². The zero-order valence-electron chi connectivity index (χ0n) is 13.6. The summed E-state index contributed by atoms with van der Waals surface area (Å²) in [6.07, 6.45) is -0.227. The van der Waals surface area contributed by atoms with E-state index < -0.39 is 5.60 Å². The van der Waals surface area contributed by atoms with Gasteiger partial charge in [-0.05, 0) is 26.3 Å². The maximum atomic E-state index is 12.0. The first-order valence-electron chi connectivity index (χ1n) is 7.64. The van der Waals surface area contributed by atoms with Gasteiger partial charge in [-0.15, -0.1) is 0 Å². The molecule has 22 heavy (non-hydrogen) atoms. The summed E-state index contributed by atoms with van der Waals surface area (Å²) in [6.45, 7) is 9.57. The Labute approximate surface area is 133 Å². The third-order valence-electron chi connectivity index (χ3n) is 3.56. The molecule has 1 N–H and O–H groups in total. The van der Waals surface area contributed by atoms with Crippen LogP contribution < -0.4 is 5.46 Å². The van der Waals surface area contributed by atoms with E-state index in [4.69, 9.17) is 9.76 Å². The monoisotopic (exact) mass is 303 g/mol. The number of piperazine rings is 1. The van der Waals surface area contributed by atoms with Crippen LogP contribution in [0.15, 0.2) is 24.3 Å². The molecular weight excluding hydrogens is 279 g/mol. The Morgan fingerprint density at radius 3 is 2.27 bits per heavy atom. The third-order valence-corrected chi connectivity index (χ3v) is 3.56. The highest BCUT2D eigenvalue weighted by Gasteiger charge is 2.25. The fourth-order valence-electron chi connectivity index (χ4n) is 2.38. The summed E-state index contributed by atoms with van der Waals surface area (Å²) in [5.41, 5.74) is 1.56. The highest BCUT2D eigenvalue weighted by molar-refractivity contribution is 6.45. The average Bonchev–Trinajstić information content (AvgIpc) is 2.47. The van der Waals surface area contributed by atoms with Crippen LogP contribution in [0.2, 0.25) is 0 Å². The summed E-state index contributed by atoms with van der Waals surface area (Å²) in [5, 5.41) is 8.93. The van der Waals surface area contributed by atoms with Crippen LogP contribution in [0.4, 0.5) is 4.79 Å². The molecule has 0 spiro atoms. The molecule has 1 aromatic rings. The average molecular weight is 303 g/mol. The zero-order chi connectivity index (χ0) is 16.2. The van der Waals surface area contributed by atoms with Crippen LogP contribution in [0.3, 0.4) is 0 Å². The first-order valence-corrected chi connectivity index (χ1v) is 7.64. The molecular formula is C16H24BN2O3. The van der Waals surface area contributed by atoms with Gasteiger partial charge in [-0.25, -0.2) is 4.79 Å². The molecule has 0 bridgehead atoms. The normalized spacial score (nSPS) is 16.5. The molecule has 1 fully saturated rings. The van der Waals surface area contributed by atoms with Crippen LogP contribution in [0.25, 0.3) is 0 Å². The number of ether oxygens (including phenoxy) is 1. The van der Waals surface area contributed by atoms with E-state index in [0.717, 1.165) is 32.6 Å². The van der Waals surface area contributed by atoms with Gasteiger partial charge in [-0.3, -0.25) is 4.90 Å². The third kappa shape index (κ3) is 5.03. The molecule has 5 nitrogen and oxygen atoms in total. The standard InChI is InChI=1S/C16H24BN2O3/c1-16(2,3)22-15(20)19-10-8-18(9-11-19)12-13-4-6-14(17-21)7-5-13/h4-7,21H,8-12H2,1-3H3. The molecule has 0 saturated carbocycles. The Morgan fingerprint density at radius 1 is 1.18 bits per heavy atom. The molecule has 2 rings (SSSR count). The second kappa shape index (κ2) is 7.16. The first-order chi connectivity index (χ1) is 10.4. The molecule has 1 amide bonds. The number of carbonyl (C=O) groups excluding carboxylic acids is 1. The number of hydrogen-bond donors (Lipinski definition) is 1. The molecule has 0 aromatic heterocycles. The van der Waals surface area contributed by atoms with Gasteiger partial charge in [0, 0.05) is 32.7 Å².